The largest absolute Gasteiger partial charge is 0.438 e. The maximum absolute atomic E-state index is 11.2. The van der Waals surface area contributed by atoms with Gasteiger partial charge < -0.3 is 4.74 Å². The maximum Gasteiger partial charge on any atom is 0.231 e. The van der Waals surface area contributed by atoms with Crippen LogP contribution in [-0.2, 0) is 0 Å². The molecule has 3 aromatic rings. The second kappa shape index (κ2) is 5.02. The van der Waals surface area contributed by atoms with Gasteiger partial charge in [0.05, 0.1) is 5.39 Å². The zero-order valence-corrected chi connectivity index (χ0v) is 11.9. The molecular formula is C15H12N2O2S. The topological polar surface area (TPSA) is 52.1 Å². The molecule has 0 aliphatic rings. The molecule has 0 saturated heterocycles. The summed E-state index contributed by atoms with van der Waals surface area (Å²) in [5, 5.41) is 0.908. The van der Waals surface area contributed by atoms with E-state index in [4.69, 9.17) is 4.74 Å². The van der Waals surface area contributed by atoms with E-state index in [0.717, 1.165) is 15.1 Å². The lowest BCUT2D eigenvalue weighted by atomic mass is 10.1. The lowest BCUT2D eigenvalue weighted by molar-refractivity contribution is 0.101. The average molecular weight is 284 g/mol. The monoisotopic (exact) mass is 284 g/mol. The molecule has 0 saturated carbocycles. The van der Waals surface area contributed by atoms with Crippen LogP contribution in [0.15, 0.2) is 36.7 Å². The Kier molecular flexibility index (Phi) is 3.20. The molecule has 0 amide bonds. The Balaban J connectivity index is 1.94. The van der Waals surface area contributed by atoms with Crippen molar-refractivity contribution in [3.63, 3.8) is 0 Å². The highest BCUT2D eigenvalue weighted by Crippen LogP contribution is 2.31. The van der Waals surface area contributed by atoms with E-state index in [1.54, 1.807) is 35.6 Å². The number of rotatable bonds is 3. The zero-order chi connectivity index (χ0) is 14.1. The van der Waals surface area contributed by atoms with Crippen LogP contribution in [0, 0.1) is 6.92 Å². The zero-order valence-electron chi connectivity index (χ0n) is 11.1. The van der Waals surface area contributed by atoms with Gasteiger partial charge in [-0.2, -0.15) is 0 Å². The summed E-state index contributed by atoms with van der Waals surface area (Å²) in [6.45, 7) is 3.57. The van der Waals surface area contributed by atoms with E-state index < -0.39 is 0 Å². The predicted molar refractivity (Wildman–Crippen MR) is 78.7 cm³/mol. The Hall–Kier alpha value is -2.27. The normalized spacial score (nSPS) is 10.7. The Morgan fingerprint density at radius 3 is 2.65 bits per heavy atom. The minimum absolute atomic E-state index is 0.0365. The van der Waals surface area contributed by atoms with E-state index in [0.29, 0.717) is 17.2 Å². The molecule has 20 heavy (non-hydrogen) atoms. The first-order valence-electron chi connectivity index (χ1n) is 6.13. The molecule has 100 valence electrons. The van der Waals surface area contributed by atoms with E-state index in [2.05, 4.69) is 9.97 Å². The van der Waals surface area contributed by atoms with Gasteiger partial charge in [-0.25, -0.2) is 9.97 Å². The lowest BCUT2D eigenvalue weighted by Gasteiger charge is -2.05. The number of ether oxygens (including phenoxy) is 1. The van der Waals surface area contributed by atoms with Gasteiger partial charge in [0.15, 0.2) is 5.78 Å². The third kappa shape index (κ3) is 2.40. The van der Waals surface area contributed by atoms with Crippen LogP contribution in [0.1, 0.15) is 22.2 Å². The molecule has 0 fully saturated rings. The van der Waals surface area contributed by atoms with E-state index in [-0.39, 0.29) is 5.78 Å². The number of carbonyl (C=O) groups excluding carboxylic acids is 1. The summed E-state index contributed by atoms with van der Waals surface area (Å²) in [5.41, 5.74) is 0.663. The fourth-order valence-electron chi connectivity index (χ4n) is 1.90. The van der Waals surface area contributed by atoms with Crippen molar-refractivity contribution < 1.29 is 9.53 Å². The molecule has 0 bridgehead atoms. The molecule has 2 heterocycles. The number of hydrogen-bond donors (Lipinski definition) is 0. The summed E-state index contributed by atoms with van der Waals surface area (Å²) in [7, 11) is 0. The van der Waals surface area contributed by atoms with Crippen molar-refractivity contribution in [3.05, 3.63) is 47.1 Å². The van der Waals surface area contributed by atoms with Crippen molar-refractivity contribution in [2.75, 3.05) is 0 Å². The quantitative estimate of drug-likeness (QED) is 0.682. The van der Waals surface area contributed by atoms with E-state index in [1.807, 2.05) is 13.0 Å². The van der Waals surface area contributed by atoms with Gasteiger partial charge >= 0.3 is 0 Å². The second-order valence-electron chi connectivity index (χ2n) is 4.44. The summed E-state index contributed by atoms with van der Waals surface area (Å²) in [4.78, 5) is 21.7. The van der Waals surface area contributed by atoms with Crippen molar-refractivity contribution in [2.45, 2.75) is 13.8 Å². The highest BCUT2D eigenvalue weighted by Gasteiger charge is 2.09. The number of nitrogens with zero attached hydrogens (tertiary/aromatic N) is 2. The van der Waals surface area contributed by atoms with Crippen molar-refractivity contribution >= 4 is 27.3 Å². The summed E-state index contributed by atoms with van der Waals surface area (Å²) in [6, 6.07) is 9.04. The minimum atomic E-state index is 0.0365. The van der Waals surface area contributed by atoms with Crippen LogP contribution in [0.2, 0.25) is 0 Å². The van der Waals surface area contributed by atoms with Crippen LogP contribution in [0.5, 0.6) is 11.6 Å². The number of aryl methyl sites for hydroxylation is 1. The Bertz CT molecular complexity index is 778. The predicted octanol–water partition coefficient (Wildman–Crippen LogP) is 3.99. The Morgan fingerprint density at radius 1 is 1.20 bits per heavy atom. The van der Waals surface area contributed by atoms with Crippen LogP contribution in [0.3, 0.4) is 0 Å². The fraction of sp³-hybridized carbons (Fsp3) is 0.133. The molecule has 0 spiro atoms. The van der Waals surface area contributed by atoms with Crippen LogP contribution in [0.25, 0.3) is 10.2 Å². The van der Waals surface area contributed by atoms with Crippen molar-refractivity contribution in [1.29, 1.82) is 0 Å². The lowest BCUT2D eigenvalue weighted by Crippen LogP contribution is -1.93. The molecule has 0 N–H and O–H groups in total. The first kappa shape index (κ1) is 12.7. The minimum Gasteiger partial charge on any atom is -0.438 e. The van der Waals surface area contributed by atoms with Gasteiger partial charge in [0.2, 0.25) is 5.88 Å². The summed E-state index contributed by atoms with van der Waals surface area (Å²) < 4.78 is 5.78. The smallest absolute Gasteiger partial charge is 0.231 e. The van der Waals surface area contributed by atoms with Crippen molar-refractivity contribution in [2.24, 2.45) is 0 Å². The van der Waals surface area contributed by atoms with Crippen LogP contribution < -0.4 is 4.74 Å². The molecule has 5 heteroatoms. The van der Waals surface area contributed by atoms with Crippen molar-refractivity contribution in [1.82, 2.24) is 9.97 Å². The highest BCUT2D eigenvalue weighted by molar-refractivity contribution is 7.18. The maximum atomic E-state index is 11.2. The number of fused-ring (bicyclic) bond motifs is 1. The fourth-order valence-corrected chi connectivity index (χ4v) is 2.74. The molecule has 0 unspecified atom stereocenters. The van der Waals surface area contributed by atoms with E-state index in [1.165, 1.54) is 13.3 Å². The van der Waals surface area contributed by atoms with Gasteiger partial charge in [-0.05, 0) is 44.2 Å². The standard InChI is InChI=1S/C15H12N2O2S/c1-9-7-13-14(16-8-17-15(13)20-9)19-12-5-3-11(4-6-12)10(2)18/h3-8H,1-2H3. The molecule has 0 aliphatic heterocycles. The summed E-state index contributed by atoms with van der Waals surface area (Å²) in [6.07, 6.45) is 1.50. The number of benzene rings is 1. The van der Waals surface area contributed by atoms with E-state index in [9.17, 15) is 4.79 Å². The summed E-state index contributed by atoms with van der Waals surface area (Å²) >= 11 is 1.61. The van der Waals surface area contributed by atoms with Gasteiger partial charge in [0.1, 0.15) is 16.9 Å². The molecule has 0 aliphatic carbocycles. The molecular weight excluding hydrogens is 272 g/mol. The number of thiophene rings is 1. The molecule has 2 aromatic heterocycles. The SMILES string of the molecule is CC(=O)c1ccc(Oc2ncnc3sc(C)cc23)cc1. The van der Waals surface area contributed by atoms with E-state index >= 15 is 0 Å². The van der Waals surface area contributed by atoms with Crippen molar-refractivity contribution in [3.8, 4) is 11.6 Å². The van der Waals surface area contributed by atoms with Gasteiger partial charge in [0, 0.05) is 10.4 Å². The summed E-state index contributed by atoms with van der Waals surface area (Å²) in [5.74, 6) is 1.23. The number of ketones is 1. The van der Waals surface area contributed by atoms with Crippen LogP contribution >= 0.6 is 11.3 Å². The third-order valence-electron chi connectivity index (χ3n) is 2.89. The van der Waals surface area contributed by atoms with Gasteiger partial charge in [-0.1, -0.05) is 0 Å². The first-order chi connectivity index (χ1) is 9.63. The molecule has 4 nitrogen and oxygen atoms in total. The van der Waals surface area contributed by atoms with Crippen LogP contribution in [0.4, 0.5) is 0 Å². The Labute approximate surface area is 120 Å². The second-order valence-corrected chi connectivity index (χ2v) is 5.67. The first-order valence-corrected chi connectivity index (χ1v) is 6.95. The highest BCUT2D eigenvalue weighted by atomic mass is 32.1. The number of Topliss-reactive ketones (excluding diaryl/α,β-unsaturated/α-hetero) is 1. The number of hydrogen-bond acceptors (Lipinski definition) is 5. The molecule has 1 aromatic carbocycles. The molecule has 3 rings (SSSR count). The van der Waals surface area contributed by atoms with Gasteiger partial charge in [-0.15, -0.1) is 11.3 Å². The number of carbonyl (C=O) groups is 1. The molecule has 0 radical (unpaired) electrons. The molecule has 0 atom stereocenters. The van der Waals surface area contributed by atoms with Crippen LogP contribution in [-0.4, -0.2) is 15.8 Å². The Morgan fingerprint density at radius 2 is 1.95 bits per heavy atom. The number of aromatic nitrogens is 2. The third-order valence-corrected chi connectivity index (χ3v) is 3.85. The van der Waals surface area contributed by atoms with Gasteiger partial charge in [0.25, 0.3) is 0 Å². The average Bonchev–Trinajstić information content (AvgIpc) is 2.81. The van der Waals surface area contributed by atoms with Gasteiger partial charge in [-0.3, -0.25) is 4.79 Å².